The summed E-state index contributed by atoms with van der Waals surface area (Å²) in [7, 11) is 2.04. The fraction of sp³-hybridized carbons (Fsp3) is 0.450. The third-order valence-electron chi connectivity index (χ3n) is 5.69. The molecule has 0 amide bonds. The maximum absolute atomic E-state index is 4.44. The van der Waals surface area contributed by atoms with E-state index < -0.39 is 0 Å². The van der Waals surface area contributed by atoms with Gasteiger partial charge in [0.25, 0.3) is 0 Å². The molecule has 3 aromatic rings. The molecule has 1 heterocycles. The first-order valence-corrected chi connectivity index (χ1v) is 8.19. The van der Waals surface area contributed by atoms with Gasteiger partial charge in [-0.3, -0.25) is 4.68 Å². The van der Waals surface area contributed by atoms with Crippen LogP contribution in [-0.2, 0) is 17.9 Å². The Morgan fingerprint density at radius 3 is 2.18 bits per heavy atom. The summed E-state index contributed by atoms with van der Waals surface area (Å²) in [6.45, 7) is 9.54. The van der Waals surface area contributed by atoms with Gasteiger partial charge in [0.1, 0.15) is 0 Å². The third kappa shape index (κ3) is 1.76. The Bertz CT molecular complexity index is 897. The average Bonchev–Trinajstić information content (AvgIpc) is 2.85. The lowest BCUT2D eigenvalue weighted by Gasteiger charge is -2.42. The number of benzene rings is 2. The average molecular weight is 292 g/mol. The molecule has 0 saturated carbocycles. The van der Waals surface area contributed by atoms with E-state index in [9.17, 15) is 0 Å². The van der Waals surface area contributed by atoms with Crippen molar-refractivity contribution in [3.05, 3.63) is 41.6 Å². The number of rotatable bonds is 0. The van der Waals surface area contributed by atoms with Gasteiger partial charge in [-0.05, 0) is 46.3 Å². The Balaban J connectivity index is 2.16. The van der Waals surface area contributed by atoms with Gasteiger partial charge in [-0.25, -0.2) is 0 Å². The first-order valence-electron chi connectivity index (χ1n) is 8.19. The zero-order valence-electron chi connectivity index (χ0n) is 14.2. The van der Waals surface area contributed by atoms with Gasteiger partial charge in [0.15, 0.2) is 0 Å². The van der Waals surface area contributed by atoms with Gasteiger partial charge in [0.05, 0.1) is 11.7 Å². The van der Waals surface area contributed by atoms with Crippen LogP contribution < -0.4 is 0 Å². The van der Waals surface area contributed by atoms with Crippen LogP contribution >= 0.6 is 0 Å². The number of aromatic nitrogens is 2. The molecule has 2 nitrogen and oxygen atoms in total. The molecule has 1 aliphatic carbocycles. The Morgan fingerprint density at radius 1 is 0.909 bits per heavy atom. The maximum atomic E-state index is 4.44. The molecule has 0 aliphatic heterocycles. The molecule has 2 heteroatoms. The van der Waals surface area contributed by atoms with Crippen molar-refractivity contribution in [1.29, 1.82) is 0 Å². The Morgan fingerprint density at radius 2 is 1.50 bits per heavy atom. The predicted octanol–water partition coefficient (Wildman–Crippen LogP) is 5.08. The molecule has 0 unspecified atom stereocenters. The van der Waals surface area contributed by atoms with Crippen molar-refractivity contribution < 1.29 is 0 Å². The number of fused-ring (bicyclic) bond motifs is 4. The zero-order chi connectivity index (χ0) is 15.7. The predicted molar refractivity (Wildman–Crippen MR) is 93.5 cm³/mol. The summed E-state index contributed by atoms with van der Waals surface area (Å²) in [4.78, 5) is 0. The van der Waals surface area contributed by atoms with E-state index in [-0.39, 0.29) is 10.8 Å². The second-order valence-corrected chi connectivity index (χ2v) is 8.16. The Kier molecular flexibility index (Phi) is 2.59. The van der Waals surface area contributed by atoms with Crippen molar-refractivity contribution in [1.82, 2.24) is 9.78 Å². The van der Waals surface area contributed by atoms with E-state index in [1.165, 1.54) is 45.6 Å². The van der Waals surface area contributed by atoms with Crippen LogP contribution in [0.1, 0.15) is 51.7 Å². The van der Waals surface area contributed by atoms with Crippen molar-refractivity contribution in [2.45, 2.75) is 51.4 Å². The van der Waals surface area contributed by atoms with Crippen molar-refractivity contribution in [2.24, 2.45) is 7.05 Å². The van der Waals surface area contributed by atoms with E-state index in [0.717, 1.165) is 0 Å². The summed E-state index contributed by atoms with van der Waals surface area (Å²) in [6.07, 6.45) is 4.47. The molecule has 0 fully saturated rings. The van der Waals surface area contributed by atoms with Crippen LogP contribution in [-0.4, -0.2) is 9.78 Å². The number of nitrogens with zero attached hydrogens (tertiary/aromatic N) is 2. The number of aryl methyl sites for hydroxylation is 1. The maximum Gasteiger partial charge on any atom is 0.0757 e. The summed E-state index contributed by atoms with van der Waals surface area (Å²) < 4.78 is 2.00. The second kappa shape index (κ2) is 4.13. The van der Waals surface area contributed by atoms with E-state index in [1.54, 1.807) is 0 Å². The monoisotopic (exact) mass is 292 g/mol. The van der Waals surface area contributed by atoms with Crippen LogP contribution in [0.2, 0.25) is 0 Å². The van der Waals surface area contributed by atoms with Crippen molar-refractivity contribution in [3.63, 3.8) is 0 Å². The quantitative estimate of drug-likeness (QED) is 0.565. The molecule has 1 aliphatic rings. The Hall–Kier alpha value is -1.83. The molecule has 0 atom stereocenters. The van der Waals surface area contributed by atoms with Crippen molar-refractivity contribution in [3.8, 4) is 0 Å². The third-order valence-corrected chi connectivity index (χ3v) is 5.69. The summed E-state index contributed by atoms with van der Waals surface area (Å²) in [6, 6.07) is 9.31. The molecule has 114 valence electrons. The summed E-state index contributed by atoms with van der Waals surface area (Å²) >= 11 is 0. The van der Waals surface area contributed by atoms with E-state index in [4.69, 9.17) is 0 Å². The lowest BCUT2D eigenvalue weighted by Crippen LogP contribution is -2.33. The minimum absolute atomic E-state index is 0.250. The van der Waals surface area contributed by atoms with Crippen LogP contribution in [0.4, 0.5) is 0 Å². The standard InChI is InChI=1S/C20H24N2/c1-19(2)8-9-20(3,4)17-11-15-13(10-16(17)19)6-7-14-12-21-22(5)18(14)15/h6-7,10-12H,8-9H2,1-5H3. The van der Waals surface area contributed by atoms with E-state index in [2.05, 4.69) is 57.1 Å². The van der Waals surface area contributed by atoms with Crippen molar-refractivity contribution >= 4 is 21.7 Å². The molecule has 0 spiro atoms. The fourth-order valence-corrected chi connectivity index (χ4v) is 4.06. The number of hydrogen-bond acceptors (Lipinski definition) is 1. The smallest absolute Gasteiger partial charge is 0.0757 e. The molecule has 4 rings (SSSR count). The normalized spacial score (nSPS) is 19.5. The van der Waals surface area contributed by atoms with Crippen LogP contribution in [0, 0.1) is 0 Å². The first-order chi connectivity index (χ1) is 10.3. The number of hydrogen-bond donors (Lipinski definition) is 0. The molecule has 0 bridgehead atoms. The van der Waals surface area contributed by atoms with Gasteiger partial charge in [-0.1, -0.05) is 45.9 Å². The van der Waals surface area contributed by atoms with E-state index in [1.807, 2.05) is 17.9 Å². The van der Waals surface area contributed by atoms with Crippen LogP contribution in [0.15, 0.2) is 30.5 Å². The topological polar surface area (TPSA) is 17.8 Å². The lowest BCUT2D eigenvalue weighted by atomic mass is 9.63. The minimum atomic E-state index is 0.250. The lowest BCUT2D eigenvalue weighted by molar-refractivity contribution is 0.332. The highest BCUT2D eigenvalue weighted by Gasteiger charge is 2.37. The largest absolute Gasteiger partial charge is 0.267 e. The van der Waals surface area contributed by atoms with Gasteiger partial charge >= 0.3 is 0 Å². The molecule has 22 heavy (non-hydrogen) atoms. The summed E-state index contributed by atoms with van der Waals surface area (Å²) in [5.41, 5.74) is 4.81. The van der Waals surface area contributed by atoms with Gasteiger partial charge in [-0.15, -0.1) is 0 Å². The molecule has 2 aromatic carbocycles. The second-order valence-electron chi connectivity index (χ2n) is 8.16. The minimum Gasteiger partial charge on any atom is -0.267 e. The van der Waals surface area contributed by atoms with Crippen LogP contribution in [0.5, 0.6) is 0 Å². The zero-order valence-corrected chi connectivity index (χ0v) is 14.2. The van der Waals surface area contributed by atoms with Gasteiger partial charge in [0, 0.05) is 17.8 Å². The SMILES string of the molecule is Cn1ncc2ccc3cc4c(cc3c21)C(C)(C)CCC4(C)C. The molecular formula is C20H24N2. The van der Waals surface area contributed by atoms with E-state index >= 15 is 0 Å². The molecule has 0 N–H and O–H groups in total. The Labute approximate surface area is 132 Å². The van der Waals surface area contributed by atoms with Gasteiger partial charge < -0.3 is 0 Å². The fourth-order valence-electron chi connectivity index (χ4n) is 4.06. The van der Waals surface area contributed by atoms with Gasteiger partial charge in [0.2, 0.25) is 0 Å². The highest BCUT2D eigenvalue weighted by atomic mass is 15.2. The van der Waals surface area contributed by atoms with E-state index in [0.29, 0.717) is 0 Å². The highest BCUT2D eigenvalue weighted by Crippen LogP contribution is 2.47. The molecule has 0 radical (unpaired) electrons. The summed E-state index contributed by atoms with van der Waals surface area (Å²) in [5.74, 6) is 0. The highest BCUT2D eigenvalue weighted by molar-refractivity contribution is 6.06. The van der Waals surface area contributed by atoms with Crippen molar-refractivity contribution in [2.75, 3.05) is 0 Å². The van der Waals surface area contributed by atoms with Gasteiger partial charge in [-0.2, -0.15) is 5.10 Å². The van der Waals surface area contributed by atoms with Crippen LogP contribution in [0.3, 0.4) is 0 Å². The molecular weight excluding hydrogens is 268 g/mol. The van der Waals surface area contributed by atoms with Crippen LogP contribution in [0.25, 0.3) is 21.7 Å². The first kappa shape index (κ1) is 13.8. The molecule has 1 aromatic heterocycles. The molecule has 0 saturated heterocycles. The summed E-state index contributed by atoms with van der Waals surface area (Å²) in [5, 5.41) is 8.33.